The maximum Gasteiger partial charge on any atom is 0.323 e. The number of amides is 1. The van der Waals surface area contributed by atoms with Gasteiger partial charge in [-0.1, -0.05) is 32.9 Å². The Labute approximate surface area is 131 Å². The fraction of sp³-hybridized carbons (Fsp3) is 0.529. The molecule has 1 aromatic rings. The van der Waals surface area contributed by atoms with Crippen LogP contribution in [0.4, 0.5) is 0 Å². The number of carboxylic acid groups (broad SMARTS) is 1. The Kier molecular flexibility index (Phi) is 6.89. The lowest BCUT2D eigenvalue weighted by Crippen LogP contribution is -2.38. The van der Waals surface area contributed by atoms with Gasteiger partial charge in [-0.05, 0) is 29.5 Å². The summed E-state index contributed by atoms with van der Waals surface area (Å²) >= 11 is 0. The zero-order valence-corrected chi connectivity index (χ0v) is 13.7. The van der Waals surface area contributed by atoms with Crippen LogP contribution in [-0.2, 0) is 9.59 Å². The van der Waals surface area contributed by atoms with Gasteiger partial charge in [-0.3, -0.25) is 9.59 Å². The number of hydrogen-bond acceptors (Lipinski definition) is 3. The third kappa shape index (κ3) is 5.76. The van der Waals surface area contributed by atoms with Crippen molar-refractivity contribution in [2.75, 3.05) is 20.2 Å². The van der Waals surface area contributed by atoms with Gasteiger partial charge in [-0.15, -0.1) is 0 Å². The largest absolute Gasteiger partial charge is 0.497 e. The highest BCUT2D eigenvalue weighted by atomic mass is 16.5. The highest BCUT2D eigenvalue weighted by Crippen LogP contribution is 2.24. The van der Waals surface area contributed by atoms with E-state index in [0.29, 0.717) is 6.54 Å². The number of aliphatic carboxylic acids is 1. The van der Waals surface area contributed by atoms with Crippen molar-refractivity contribution >= 4 is 11.9 Å². The number of rotatable bonds is 8. The van der Waals surface area contributed by atoms with E-state index in [1.165, 1.54) is 4.90 Å². The number of hydrogen-bond donors (Lipinski definition) is 1. The summed E-state index contributed by atoms with van der Waals surface area (Å²) in [6.07, 6.45) is 0.285. The molecular formula is C17H25NO4. The molecule has 1 amide bonds. The summed E-state index contributed by atoms with van der Waals surface area (Å²) in [7, 11) is 1.60. The van der Waals surface area contributed by atoms with Gasteiger partial charge >= 0.3 is 5.97 Å². The standard InChI is InChI=1S/C17H25NO4/c1-12(2)10-18(11-17(20)21)16(19)8-13(3)14-6-5-7-15(9-14)22-4/h5-7,9,12-13H,8,10-11H2,1-4H3,(H,20,21). The average Bonchev–Trinajstić information content (AvgIpc) is 2.45. The van der Waals surface area contributed by atoms with Gasteiger partial charge in [-0.2, -0.15) is 0 Å². The minimum Gasteiger partial charge on any atom is -0.497 e. The number of carbonyl (C=O) groups excluding carboxylic acids is 1. The molecule has 0 aliphatic carbocycles. The Balaban J connectivity index is 2.76. The highest BCUT2D eigenvalue weighted by molar-refractivity contribution is 5.81. The van der Waals surface area contributed by atoms with Crippen LogP contribution in [-0.4, -0.2) is 42.1 Å². The Morgan fingerprint density at radius 3 is 2.50 bits per heavy atom. The van der Waals surface area contributed by atoms with Crippen LogP contribution >= 0.6 is 0 Å². The topological polar surface area (TPSA) is 66.8 Å². The van der Waals surface area contributed by atoms with Crippen molar-refractivity contribution in [2.24, 2.45) is 5.92 Å². The number of benzene rings is 1. The quantitative estimate of drug-likeness (QED) is 0.802. The first-order valence-electron chi connectivity index (χ1n) is 7.47. The third-order valence-corrected chi connectivity index (χ3v) is 3.41. The van der Waals surface area contributed by atoms with Gasteiger partial charge in [0.1, 0.15) is 12.3 Å². The van der Waals surface area contributed by atoms with Crippen molar-refractivity contribution in [3.8, 4) is 5.75 Å². The van der Waals surface area contributed by atoms with Gasteiger partial charge in [0.15, 0.2) is 0 Å². The first-order valence-corrected chi connectivity index (χ1v) is 7.47. The van der Waals surface area contributed by atoms with E-state index in [4.69, 9.17) is 9.84 Å². The van der Waals surface area contributed by atoms with Crippen molar-refractivity contribution in [2.45, 2.75) is 33.1 Å². The molecule has 1 rings (SSSR count). The Morgan fingerprint density at radius 2 is 1.95 bits per heavy atom. The van der Waals surface area contributed by atoms with Gasteiger partial charge < -0.3 is 14.7 Å². The van der Waals surface area contributed by atoms with E-state index >= 15 is 0 Å². The van der Waals surface area contributed by atoms with E-state index in [0.717, 1.165) is 11.3 Å². The number of carbonyl (C=O) groups is 2. The van der Waals surface area contributed by atoms with E-state index in [1.807, 2.05) is 45.0 Å². The molecular weight excluding hydrogens is 282 g/mol. The molecule has 0 heterocycles. The summed E-state index contributed by atoms with van der Waals surface area (Å²) in [4.78, 5) is 24.7. The van der Waals surface area contributed by atoms with Crippen LogP contribution < -0.4 is 4.74 Å². The van der Waals surface area contributed by atoms with Crippen molar-refractivity contribution in [3.63, 3.8) is 0 Å². The molecule has 0 aliphatic rings. The second-order valence-electron chi connectivity index (χ2n) is 5.94. The van der Waals surface area contributed by atoms with Crippen LogP contribution in [0.2, 0.25) is 0 Å². The van der Waals surface area contributed by atoms with Crippen LogP contribution in [0.1, 0.15) is 38.7 Å². The molecule has 0 radical (unpaired) electrons. The molecule has 122 valence electrons. The van der Waals surface area contributed by atoms with Crippen molar-refractivity contribution in [3.05, 3.63) is 29.8 Å². The molecule has 0 bridgehead atoms. The molecule has 0 fully saturated rings. The number of nitrogens with zero attached hydrogens (tertiary/aromatic N) is 1. The molecule has 1 aromatic carbocycles. The Hall–Kier alpha value is -2.04. The molecule has 0 saturated heterocycles. The predicted molar refractivity (Wildman–Crippen MR) is 85.1 cm³/mol. The van der Waals surface area contributed by atoms with Gasteiger partial charge in [0.05, 0.1) is 7.11 Å². The molecule has 0 aliphatic heterocycles. The lowest BCUT2D eigenvalue weighted by atomic mass is 9.96. The van der Waals surface area contributed by atoms with E-state index in [2.05, 4.69) is 0 Å². The fourth-order valence-electron chi connectivity index (χ4n) is 2.32. The van der Waals surface area contributed by atoms with Crippen molar-refractivity contribution in [1.82, 2.24) is 4.90 Å². The van der Waals surface area contributed by atoms with Crippen LogP contribution in [0.15, 0.2) is 24.3 Å². The van der Waals surface area contributed by atoms with Crippen LogP contribution in [0.5, 0.6) is 5.75 Å². The van der Waals surface area contributed by atoms with Gasteiger partial charge in [0.25, 0.3) is 0 Å². The molecule has 0 saturated carbocycles. The lowest BCUT2D eigenvalue weighted by Gasteiger charge is -2.24. The predicted octanol–water partition coefficient (Wildman–Crippen LogP) is 2.76. The van der Waals surface area contributed by atoms with E-state index < -0.39 is 5.97 Å². The second-order valence-corrected chi connectivity index (χ2v) is 5.94. The van der Waals surface area contributed by atoms with Gasteiger partial charge in [-0.25, -0.2) is 0 Å². The molecule has 0 spiro atoms. The fourth-order valence-corrected chi connectivity index (χ4v) is 2.32. The second kappa shape index (κ2) is 8.41. The molecule has 0 aromatic heterocycles. The van der Waals surface area contributed by atoms with Gasteiger partial charge in [0, 0.05) is 13.0 Å². The maximum atomic E-state index is 12.4. The molecule has 1 N–H and O–H groups in total. The molecule has 1 atom stereocenters. The lowest BCUT2D eigenvalue weighted by molar-refractivity contribution is -0.145. The Morgan fingerprint density at radius 1 is 1.27 bits per heavy atom. The monoisotopic (exact) mass is 307 g/mol. The zero-order chi connectivity index (χ0) is 16.7. The summed E-state index contributed by atoms with van der Waals surface area (Å²) < 4.78 is 5.19. The minimum absolute atomic E-state index is 0.00561. The summed E-state index contributed by atoms with van der Waals surface area (Å²) in [6.45, 7) is 6.10. The molecule has 5 nitrogen and oxygen atoms in total. The molecule has 5 heteroatoms. The van der Waals surface area contributed by atoms with Crippen LogP contribution in [0.25, 0.3) is 0 Å². The smallest absolute Gasteiger partial charge is 0.323 e. The normalized spacial score (nSPS) is 12.0. The maximum absolute atomic E-state index is 12.4. The van der Waals surface area contributed by atoms with Crippen molar-refractivity contribution < 1.29 is 19.4 Å². The van der Waals surface area contributed by atoms with E-state index in [-0.39, 0.29) is 30.7 Å². The average molecular weight is 307 g/mol. The van der Waals surface area contributed by atoms with Crippen LogP contribution in [0.3, 0.4) is 0 Å². The number of ether oxygens (including phenoxy) is 1. The number of carboxylic acids is 1. The van der Waals surface area contributed by atoms with Crippen LogP contribution in [0, 0.1) is 5.92 Å². The third-order valence-electron chi connectivity index (χ3n) is 3.41. The number of methoxy groups -OCH3 is 1. The molecule has 1 unspecified atom stereocenters. The highest BCUT2D eigenvalue weighted by Gasteiger charge is 2.20. The molecule has 22 heavy (non-hydrogen) atoms. The first-order chi connectivity index (χ1) is 10.3. The van der Waals surface area contributed by atoms with E-state index in [1.54, 1.807) is 7.11 Å². The van der Waals surface area contributed by atoms with Crippen molar-refractivity contribution in [1.29, 1.82) is 0 Å². The minimum atomic E-state index is -0.983. The zero-order valence-electron chi connectivity index (χ0n) is 13.7. The Bertz CT molecular complexity index is 513. The SMILES string of the molecule is COc1cccc(C(C)CC(=O)N(CC(=O)O)CC(C)C)c1. The summed E-state index contributed by atoms with van der Waals surface area (Å²) in [6, 6.07) is 7.60. The summed E-state index contributed by atoms with van der Waals surface area (Å²) in [5, 5.41) is 8.95. The van der Waals surface area contributed by atoms with Gasteiger partial charge in [0.2, 0.25) is 5.91 Å². The summed E-state index contributed by atoms with van der Waals surface area (Å²) in [5.74, 6) is -0.127. The summed E-state index contributed by atoms with van der Waals surface area (Å²) in [5.41, 5.74) is 1.01. The van der Waals surface area contributed by atoms with E-state index in [9.17, 15) is 9.59 Å². The first kappa shape index (κ1) is 18.0.